The van der Waals surface area contributed by atoms with E-state index in [-0.39, 0.29) is 26.8 Å². The summed E-state index contributed by atoms with van der Waals surface area (Å²) in [5, 5.41) is -0.794. The quantitative estimate of drug-likeness (QED) is 0.772. The Bertz CT molecular complexity index is 1090. The van der Waals surface area contributed by atoms with Crippen molar-refractivity contribution in [1.29, 1.82) is 0 Å². The smallest absolute Gasteiger partial charge is 0.249 e. The Kier molecular flexibility index (Phi) is 5.12. The standard InChI is InChI=1S/C20H20N2O4S2/c1-12-19(22)27-17(13(2)23)20(12,16-11-7-6-10-15(16)18(21)24)28(25,26)14-8-4-3-5-9-14/h3-11,17H,22H2,1-2H3,(H2,21,24). The molecule has 0 saturated carbocycles. The first-order chi connectivity index (χ1) is 13.2. The van der Waals surface area contributed by atoms with Crippen LogP contribution in [0.25, 0.3) is 0 Å². The normalized spacial score (nSPS) is 22.3. The summed E-state index contributed by atoms with van der Waals surface area (Å²) in [4.78, 5) is 24.8. The summed E-state index contributed by atoms with van der Waals surface area (Å²) in [5.74, 6) is -1.13. The lowest BCUT2D eigenvalue weighted by atomic mass is 9.83. The zero-order chi connectivity index (χ0) is 20.7. The number of sulfone groups is 1. The van der Waals surface area contributed by atoms with E-state index in [1.165, 1.54) is 31.2 Å². The van der Waals surface area contributed by atoms with E-state index in [0.29, 0.717) is 5.57 Å². The Hall–Kier alpha value is -2.58. The maximum absolute atomic E-state index is 14.0. The van der Waals surface area contributed by atoms with E-state index >= 15 is 0 Å². The van der Waals surface area contributed by atoms with Gasteiger partial charge in [0.2, 0.25) is 5.91 Å². The largest absolute Gasteiger partial charge is 0.394 e. The molecule has 6 nitrogen and oxygen atoms in total. The van der Waals surface area contributed by atoms with Gasteiger partial charge in [-0.2, -0.15) is 0 Å². The predicted octanol–water partition coefficient (Wildman–Crippen LogP) is 2.35. The Balaban J connectivity index is 2.51. The molecule has 3 rings (SSSR count). The van der Waals surface area contributed by atoms with Crippen LogP contribution in [0.5, 0.6) is 0 Å². The van der Waals surface area contributed by atoms with E-state index in [2.05, 4.69) is 0 Å². The second-order valence-corrected chi connectivity index (χ2v) is 9.83. The lowest BCUT2D eigenvalue weighted by Crippen LogP contribution is -2.48. The van der Waals surface area contributed by atoms with Gasteiger partial charge >= 0.3 is 0 Å². The summed E-state index contributed by atoms with van der Waals surface area (Å²) < 4.78 is 26.2. The minimum absolute atomic E-state index is 0.0372. The molecule has 8 heteroatoms. The molecule has 1 aliphatic rings. The molecule has 0 aliphatic carbocycles. The summed E-state index contributed by atoms with van der Waals surface area (Å²) in [6.45, 7) is 2.91. The monoisotopic (exact) mass is 416 g/mol. The number of benzene rings is 2. The molecule has 4 N–H and O–H groups in total. The lowest BCUT2D eigenvalue weighted by molar-refractivity contribution is -0.116. The minimum atomic E-state index is -4.17. The third kappa shape index (κ3) is 2.75. The van der Waals surface area contributed by atoms with Crippen molar-refractivity contribution in [3.05, 3.63) is 76.3 Å². The number of hydrogen-bond donors (Lipinski definition) is 2. The zero-order valence-electron chi connectivity index (χ0n) is 15.4. The Labute approximate surface area is 167 Å². The molecule has 0 aromatic heterocycles. The first-order valence-corrected chi connectivity index (χ1v) is 10.8. The number of rotatable bonds is 5. The van der Waals surface area contributed by atoms with E-state index in [4.69, 9.17) is 11.5 Å². The number of ketones is 1. The van der Waals surface area contributed by atoms with E-state index in [0.717, 1.165) is 11.8 Å². The molecule has 0 spiro atoms. The van der Waals surface area contributed by atoms with Crippen LogP contribution in [0.15, 0.2) is 70.1 Å². The summed E-state index contributed by atoms with van der Waals surface area (Å²) in [5.41, 5.74) is 12.2. The molecule has 2 aromatic rings. The fraction of sp³-hybridized carbons (Fsp3) is 0.200. The maximum Gasteiger partial charge on any atom is 0.249 e. The van der Waals surface area contributed by atoms with Gasteiger partial charge in [0, 0.05) is 5.56 Å². The second kappa shape index (κ2) is 7.10. The summed E-state index contributed by atoms with van der Waals surface area (Å²) in [6.07, 6.45) is 0. The predicted molar refractivity (Wildman–Crippen MR) is 109 cm³/mol. The fourth-order valence-corrected chi connectivity index (χ4v) is 7.82. The molecular weight excluding hydrogens is 396 g/mol. The van der Waals surface area contributed by atoms with E-state index in [1.54, 1.807) is 37.3 Å². The maximum atomic E-state index is 14.0. The fourth-order valence-electron chi connectivity index (χ4n) is 3.69. The summed E-state index contributed by atoms with van der Waals surface area (Å²) in [6, 6.07) is 14.0. The van der Waals surface area contributed by atoms with Crippen molar-refractivity contribution in [2.75, 3.05) is 0 Å². The molecule has 0 saturated heterocycles. The van der Waals surface area contributed by atoms with Crippen LogP contribution >= 0.6 is 11.8 Å². The number of nitrogens with two attached hydrogens (primary N) is 2. The van der Waals surface area contributed by atoms with E-state index < -0.39 is 25.7 Å². The van der Waals surface area contributed by atoms with Crippen LogP contribution in [0.3, 0.4) is 0 Å². The van der Waals surface area contributed by atoms with Crippen LogP contribution in [0, 0.1) is 0 Å². The Morgan fingerprint density at radius 1 is 1.04 bits per heavy atom. The third-order valence-corrected chi connectivity index (χ3v) is 9.11. The van der Waals surface area contributed by atoms with Crippen LogP contribution in [0.4, 0.5) is 0 Å². The van der Waals surface area contributed by atoms with Gasteiger partial charge < -0.3 is 11.5 Å². The van der Waals surface area contributed by atoms with Crippen molar-refractivity contribution < 1.29 is 18.0 Å². The summed E-state index contributed by atoms with van der Waals surface area (Å²) in [7, 11) is -4.17. The first-order valence-electron chi connectivity index (χ1n) is 8.48. The van der Waals surface area contributed by atoms with Crippen molar-refractivity contribution in [3.63, 3.8) is 0 Å². The molecule has 0 radical (unpaired) electrons. The average molecular weight is 417 g/mol. The molecule has 146 valence electrons. The molecule has 28 heavy (non-hydrogen) atoms. The third-order valence-electron chi connectivity index (χ3n) is 4.98. The van der Waals surface area contributed by atoms with Gasteiger partial charge in [-0.25, -0.2) is 8.42 Å². The number of carbonyl (C=O) groups excluding carboxylic acids is 2. The molecule has 2 aromatic carbocycles. The van der Waals surface area contributed by atoms with Crippen molar-refractivity contribution in [2.45, 2.75) is 28.7 Å². The zero-order valence-corrected chi connectivity index (χ0v) is 17.0. The number of carbonyl (C=O) groups is 2. The van der Waals surface area contributed by atoms with E-state index in [9.17, 15) is 18.0 Å². The highest BCUT2D eigenvalue weighted by Crippen LogP contribution is 2.56. The lowest BCUT2D eigenvalue weighted by Gasteiger charge is -2.36. The average Bonchev–Trinajstić information content (AvgIpc) is 2.95. The van der Waals surface area contributed by atoms with Gasteiger partial charge in [0.1, 0.15) is 10.5 Å². The number of thioether (sulfide) groups is 1. The van der Waals surface area contributed by atoms with Gasteiger partial charge in [-0.15, -0.1) is 0 Å². The molecule has 2 unspecified atom stereocenters. The Morgan fingerprint density at radius 2 is 1.61 bits per heavy atom. The Morgan fingerprint density at radius 3 is 2.18 bits per heavy atom. The van der Waals surface area contributed by atoms with Gasteiger partial charge in [-0.3, -0.25) is 9.59 Å². The first kappa shape index (κ1) is 20.2. The summed E-state index contributed by atoms with van der Waals surface area (Å²) >= 11 is 1.00. The van der Waals surface area contributed by atoms with Crippen molar-refractivity contribution in [2.24, 2.45) is 11.5 Å². The van der Waals surface area contributed by atoms with Gasteiger partial charge in [0.25, 0.3) is 0 Å². The topological polar surface area (TPSA) is 120 Å². The highest BCUT2D eigenvalue weighted by atomic mass is 32.2. The number of Topliss-reactive ketones (excluding diaryl/α,β-unsaturated/α-hetero) is 1. The van der Waals surface area contributed by atoms with Crippen LogP contribution in [0.1, 0.15) is 29.8 Å². The van der Waals surface area contributed by atoms with Gasteiger partial charge in [0.05, 0.1) is 15.2 Å². The van der Waals surface area contributed by atoms with Crippen LogP contribution in [-0.2, 0) is 19.4 Å². The number of hydrogen-bond acceptors (Lipinski definition) is 6. The van der Waals surface area contributed by atoms with Gasteiger partial charge in [-0.1, -0.05) is 48.2 Å². The van der Waals surface area contributed by atoms with Crippen LogP contribution in [0.2, 0.25) is 0 Å². The van der Waals surface area contributed by atoms with Crippen LogP contribution in [-0.4, -0.2) is 25.4 Å². The second-order valence-electron chi connectivity index (χ2n) is 6.56. The molecule has 2 atom stereocenters. The highest BCUT2D eigenvalue weighted by Gasteiger charge is 2.60. The number of primary amides is 1. The molecule has 0 fully saturated rings. The van der Waals surface area contributed by atoms with Crippen molar-refractivity contribution in [3.8, 4) is 0 Å². The van der Waals surface area contributed by atoms with E-state index in [1.807, 2.05) is 0 Å². The van der Waals surface area contributed by atoms with Crippen LogP contribution < -0.4 is 11.5 Å². The SMILES string of the molecule is CC(=O)C1SC(N)=C(C)C1(c1ccccc1C(N)=O)S(=O)(=O)c1ccccc1. The van der Waals surface area contributed by atoms with Gasteiger partial charge in [0.15, 0.2) is 9.84 Å². The molecule has 1 aliphatic heterocycles. The van der Waals surface area contributed by atoms with Gasteiger partial charge in [-0.05, 0) is 43.2 Å². The molecular formula is C20H20N2O4S2. The highest BCUT2D eigenvalue weighted by molar-refractivity contribution is 8.06. The number of amides is 1. The molecule has 1 heterocycles. The van der Waals surface area contributed by atoms with Crippen molar-refractivity contribution in [1.82, 2.24) is 0 Å². The van der Waals surface area contributed by atoms with Crippen molar-refractivity contribution >= 4 is 33.3 Å². The molecule has 1 amide bonds. The minimum Gasteiger partial charge on any atom is -0.394 e. The molecule has 0 bridgehead atoms.